The molecule has 3 aliphatic rings. The van der Waals surface area contributed by atoms with Crippen molar-refractivity contribution in [3.05, 3.63) is 211 Å². The molecule has 56 heavy (non-hydrogen) atoms. The molecule has 268 valence electrons. The molecule has 8 aromatic rings. The molecule has 0 amide bonds. The van der Waals surface area contributed by atoms with Crippen molar-refractivity contribution in [3.63, 3.8) is 0 Å². The Morgan fingerprint density at radius 2 is 0.857 bits per heavy atom. The van der Waals surface area contributed by atoms with Gasteiger partial charge in [0.05, 0.1) is 11.4 Å². The fourth-order valence-electron chi connectivity index (χ4n) is 10.9. The molecule has 1 heteroatoms. The Bertz CT molecular complexity index is 2730. The summed E-state index contributed by atoms with van der Waals surface area (Å²) in [6, 6.07) is 74.2. The zero-order valence-corrected chi connectivity index (χ0v) is 31.5. The van der Waals surface area contributed by atoms with Crippen molar-refractivity contribution >= 4 is 17.1 Å². The lowest BCUT2D eigenvalue weighted by molar-refractivity contribution is 0.327. The maximum Gasteiger partial charge on any atom is 0.0540 e. The largest absolute Gasteiger partial charge is 0.309 e. The van der Waals surface area contributed by atoms with Crippen LogP contribution in [0.4, 0.5) is 17.1 Å². The minimum Gasteiger partial charge on any atom is -0.309 e. The molecular formula is C55H43N. The SMILES string of the molecule is c1ccc(-c2ccccc2-c2ccccc2-c2ccccc2N(c2ccc3c(c2)-c2ccccc2C32CC3CCC2C3)c2ccccc2-c2ccccc2)cc1. The van der Waals surface area contributed by atoms with Crippen LogP contribution in [0.3, 0.4) is 0 Å². The first-order chi connectivity index (χ1) is 27.8. The summed E-state index contributed by atoms with van der Waals surface area (Å²) in [5, 5.41) is 0. The van der Waals surface area contributed by atoms with E-state index in [0.717, 1.165) is 23.2 Å². The van der Waals surface area contributed by atoms with Crippen LogP contribution in [0.25, 0.3) is 55.6 Å². The van der Waals surface area contributed by atoms with Crippen LogP contribution < -0.4 is 4.90 Å². The lowest BCUT2D eigenvalue weighted by Crippen LogP contribution is -2.31. The molecule has 8 aromatic carbocycles. The van der Waals surface area contributed by atoms with Gasteiger partial charge in [0.1, 0.15) is 0 Å². The molecule has 0 radical (unpaired) electrons. The maximum absolute atomic E-state index is 2.53. The highest BCUT2D eigenvalue weighted by atomic mass is 15.1. The minimum atomic E-state index is 0.142. The van der Waals surface area contributed by atoms with Crippen molar-refractivity contribution in [1.29, 1.82) is 0 Å². The number of rotatable bonds is 7. The van der Waals surface area contributed by atoms with E-state index in [1.54, 1.807) is 11.1 Å². The van der Waals surface area contributed by atoms with Crippen LogP contribution in [0.2, 0.25) is 0 Å². The third kappa shape index (κ3) is 5.15. The fraction of sp³-hybridized carbons (Fsp3) is 0.127. The van der Waals surface area contributed by atoms with Gasteiger partial charge in [-0.15, -0.1) is 0 Å². The normalized spacial score (nSPS) is 18.9. The second-order valence-electron chi connectivity index (χ2n) is 16.0. The van der Waals surface area contributed by atoms with E-state index in [0.29, 0.717) is 0 Å². The van der Waals surface area contributed by atoms with Crippen molar-refractivity contribution in [2.45, 2.75) is 31.1 Å². The van der Waals surface area contributed by atoms with Crippen LogP contribution in [0.15, 0.2) is 200 Å². The second kappa shape index (κ2) is 13.4. The van der Waals surface area contributed by atoms with Gasteiger partial charge in [0.25, 0.3) is 0 Å². The predicted octanol–water partition coefficient (Wildman–Crippen LogP) is 14.9. The first kappa shape index (κ1) is 32.9. The minimum absolute atomic E-state index is 0.142. The van der Waals surface area contributed by atoms with Crippen molar-refractivity contribution in [1.82, 2.24) is 0 Å². The predicted molar refractivity (Wildman–Crippen MR) is 235 cm³/mol. The molecule has 0 heterocycles. The van der Waals surface area contributed by atoms with E-state index in [9.17, 15) is 0 Å². The first-order valence-corrected chi connectivity index (χ1v) is 20.3. The lowest BCUT2D eigenvalue weighted by Gasteiger charge is -2.37. The average molecular weight is 718 g/mol. The summed E-state index contributed by atoms with van der Waals surface area (Å²) in [5.74, 6) is 1.57. The zero-order chi connectivity index (χ0) is 37.1. The van der Waals surface area contributed by atoms with E-state index < -0.39 is 0 Å². The van der Waals surface area contributed by atoms with E-state index in [1.807, 2.05) is 0 Å². The Hall–Kier alpha value is -6.44. The molecular weight excluding hydrogens is 675 g/mol. The number of fused-ring (bicyclic) bond motifs is 8. The number of benzene rings is 8. The molecule has 3 aliphatic carbocycles. The second-order valence-corrected chi connectivity index (χ2v) is 16.0. The van der Waals surface area contributed by atoms with Crippen LogP contribution in [0.5, 0.6) is 0 Å². The Kier molecular flexibility index (Phi) is 7.88. The van der Waals surface area contributed by atoms with Crippen molar-refractivity contribution in [2.75, 3.05) is 4.90 Å². The molecule has 0 aliphatic heterocycles. The number of hydrogen-bond acceptors (Lipinski definition) is 1. The number of hydrogen-bond donors (Lipinski definition) is 0. The van der Waals surface area contributed by atoms with Gasteiger partial charge in [-0.2, -0.15) is 0 Å². The molecule has 3 atom stereocenters. The number of para-hydroxylation sites is 2. The van der Waals surface area contributed by atoms with Gasteiger partial charge >= 0.3 is 0 Å². The van der Waals surface area contributed by atoms with E-state index in [4.69, 9.17) is 0 Å². The molecule has 2 saturated carbocycles. The molecule has 11 rings (SSSR count). The zero-order valence-electron chi connectivity index (χ0n) is 31.5. The third-order valence-corrected chi connectivity index (χ3v) is 13.2. The topological polar surface area (TPSA) is 3.24 Å². The van der Waals surface area contributed by atoms with Gasteiger partial charge < -0.3 is 4.90 Å². The summed E-state index contributed by atoms with van der Waals surface area (Å²) in [4.78, 5) is 2.53. The van der Waals surface area contributed by atoms with E-state index in [-0.39, 0.29) is 5.41 Å². The molecule has 0 aromatic heterocycles. The Morgan fingerprint density at radius 1 is 0.375 bits per heavy atom. The van der Waals surface area contributed by atoms with Crippen LogP contribution in [-0.2, 0) is 5.41 Å². The van der Waals surface area contributed by atoms with Gasteiger partial charge in [-0.25, -0.2) is 0 Å². The van der Waals surface area contributed by atoms with Crippen molar-refractivity contribution < 1.29 is 0 Å². The monoisotopic (exact) mass is 717 g/mol. The number of nitrogens with zero attached hydrogens (tertiary/aromatic N) is 1. The summed E-state index contributed by atoms with van der Waals surface area (Å²) in [6.07, 6.45) is 5.38. The first-order valence-electron chi connectivity index (χ1n) is 20.3. The molecule has 3 unspecified atom stereocenters. The smallest absolute Gasteiger partial charge is 0.0540 e. The van der Waals surface area contributed by atoms with Crippen LogP contribution in [-0.4, -0.2) is 0 Å². The highest BCUT2D eigenvalue weighted by Crippen LogP contribution is 2.66. The highest BCUT2D eigenvalue weighted by Gasteiger charge is 2.56. The van der Waals surface area contributed by atoms with Gasteiger partial charge in [-0.3, -0.25) is 0 Å². The molecule has 1 nitrogen and oxygen atoms in total. The van der Waals surface area contributed by atoms with Crippen LogP contribution in [0.1, 0.15) is 36.8 Å². The summed E-state index contributed by atoms with van der Waals surface area (Å²) in [5.41, 5.74) is 19.3. The van der Waals surface area contributed by atoms with Crippen LogP contribution >= 0.6 is 0 Å². The number of anilines is 3. The lowest BCUT2D eigenvalue weighted by atomic mass is 9.67. The van der Waals surface area contributed by atoms with Crippen LogP contribution in [0, 0.1) is 11.8 Å². The Balaban J connectivity index is 1.14. The summed E-state index contributed by atoms with van der Waals surface area (Å²) < 4.78 is 0. The van der Waals surface area contributed by atoms with E-state index in [1.165, 1.54) is 87.0 Å². The van der Waals surface area contributed by atoms with E-state index >= 15 is 0 Å². The molecule has 2 fully saturated rings. The highest BCUT2D eigenvalue weighted by molar-refractivity contribution is 5.99. The standard InChI is InChI=1S/C55H43N/c1-3-17-39(18-4-1)43-21-7-8-23-45(43)46-24-9-10-25-47(46)49-27-13-16-30-54(49)56(53-29-15-12-22-44(53)40-19-5-2-6-20-40)42-33-34-52-50(36-42)48-26-11-14-28-51(48)55(52)37-38-31-32-41(55)35-38/h1-30,33-34,36,38,41H,31-32,35,37H2. The molecule has 0 N–H and O–H groups in total. The maximum atomic E-state index is 2.53. The van der Waals surface area contributed by atoms with Gasteiger partial charge in [0.2, 0.25) is 0 Å². The average Bonchev–Trinajstić information content (AvgIpc) is 3.97. The Morgan fingerprint density at radius 3 is 1.50 bits per heavy atom. The van der Waals surface area contributed by atoms with Gasteiger partial charge in [0, 0.05) is 22.2 Å². The van der Waals surface area contributed by atoms with Crippen molar-refractivity contribution in [3.8, 4) is 55.6 Å². The quantitative estimate of drug-likeness (QED) is 0.159. The van der Waals surface area contributed by atoms with Gasteiger partial charge in [-0.1, -0.05) is 182 Å². The fourth-order valence-corrected chi connectivity index (χ4v) is 10.9. The summed E-state index contributed by atoms with van der Waals surface area (Å²) in [6.45, 7) is 0. The molecule has 1 spiro atoms. The van der Waals surface area contributed by atoms with Crippen molar-refractivity contribution in [2.24, 2.45) is 11.8 Å². The summed E-state index contributed by atoms with van der Waals surface area (Å²) >= 11 is 0. The Labute approximate surface area is 330 Å². The molecule has 0 saturated heterocycles. The van der Waals surface area contributed by atoms with Gasteiger partial charge in [-0.05, 0) is 111 Å². The van der Waals surface area contributed by atoms with E-state index in [2.05, 4.69) is 205 Å². The summed E-state index contributed by atoms with van der Waals surface area (Å²) in [7, 11) is 0. The molecule has 2 bridgehead atoms. The third-order valence-electron chi connectivity index (χ3n) is 13.2. The van der Waals surface area contributed by atoms with Gasteiger partial charge in [0.15, 0.2) is 0 Å².